The largest absolute Gasteiger partial charge is 0.338 e. The lowest BCUT2D eigenvalue weighted by molar-refractivity contribution is 0.0716. The predicted molar refractivity (Wildman–Crippen MR) is 103 cm³/mol. The summed E-state index contributed by atoms with van der Waals surface area (Å²) in [5, 5.41) is 0.976. The second kappa shape index (κ2) is 7.21. The summed E-state index contributed by atoms with van der Waals surface area (Å²) in [4.78, 5) is 25.5. The van der Waals surface area contributed by atoms with E-state index >= 15 is 0 Å². The first-order valence-corrected chi connectivity index (χ1v) is 11.4. The van der Waals surface area contributed by atoms with Crippen molar-refractivity contribution < 1.29 is 13.2 Å². The highest BCUT2D eigenvalue weighted by Gasteiger charge is 2.28. The van der Waals surface area contributed by atoms with Crippen molar-refractivity contribution in [3.8, 4) is 0 Å². The van der Waals surface area contributed by atoms with Crippen molar-refractivity contribution in [1.29, 1.82) is 0 Å². The maximum Gasteiger partial charge on any atom is 0.264 e. The number of aryl methyl sites for hydroxylation is 3. The molecule has 1 N–H and O–H groups in total. The molecule has 0 spiro atoms. The van der Waals surface area contributed by atoms with E-state index in [1.54, 1.807) is 0 Å². The van der Waals surface area contributed by atoms with Crippen LogP contribution in [-0.4, -0.2) is 54.6 Å². The molecule has 1 amide bonds. The average molecular weight is 397 g/mol. The zero-order chi connectivity index (χ0) is 19.1. The molecule has 0 aliphatic carbocycles. The highest BCUT2D eigenvalue weighted by molar-refractivity contribution is 7.88. The van der Waals surface area contributed by atoms with Crippen LogP contribution in [0.2, 0.25) is 0 Å². The zero-order valence-electron chi connectivity index (χ0n) is 15.5. The van der Waals surface area contributed by atoms with Gasteiger partial charge in [-0.2, -0.15) is 0 Å². The number of nitrogens with one attached hydrogen (secondary N) is 1. The number of rotatable bonds is 4. The number of amides is 1. The van der Waals surface area contributed by atoms with E-state index in [2.05, 4.69) is 14.7 Å². The quantitative estimate of drug-likeness (QED) is 0.854. The Morgan fingerprint density at radius 1 is 1.27 bits per heavy atom. The number of carbonyl (C=O) groups excluding carboxylic acids is 1. The fourth-order valence-electron chi connectivity index (χ4n) is 3.40. The van der Waals surface area contributed by atoms with E-state index in [9.17, 15) is 13.2 Å². The molecule has 0 aromatic carbocycles. The van der Waals surface area contributed by atoms with Gasteiger partial charge in [-0.25, -0.2) is 23.1 Å². The lowest BCUT2D eigenvalue weighted by Crippen LogP contribution is -2.46. The van der Waals surface area contributed by atoms with E-state index in [1.807, 2.05) is 25.7 Å². The lowest BCUT2D eigenvalue weighted by atomic mass is 10.1. The number of piperidine rings is 1. The molecule has 3 heterocycles. The first-order valence-electron chi connectivity index (χ1n) is 8.72. The molecule has 0 radical (unpaired) electrons. The summed E-state index contributed by atoms with van der Waals surface area (Å²) in [6.07, 6.45) is 3.18. The van der Waals surface area contributed by atoms with E-state index in [0.717, 1.165) is 33.7 Å². The Balaban J connectivity index is 1.81. The maximum absolute atomic E-state index is 13.0. The molecule has 1 fully saturated rings. The van der Waals surface area contributed by atoms with Gasteiger partial charge < -0.3 is 4.90 Å². The van der Waals surface area contributed by atoms with Crippen LogP contribution in [0, 0.1) is 13.8 Å². The second-order valence-corrected chi connectivity index (χ2v) is 9.55. The third kappa shape index (κ3) is 3.89. The fourth-order valence-corrected chi connectivity index (χ4v) is 5.46. The minimum Gasteiger partial charge on any atom is -0.338 e. The number of carbonyl (C=O) groups is 1. The number of likely N-dealkylation sites (tertiary alicyclic amines) is 1. The standard InChI is InChI=1S/C17H24N4O3S2/c1-5-13-18-11(3)14-10(2)15(25-16(14)19-13)17(22)21-8-6-12(7-9-21)20-26(4,23)24/h12,20H,5-9H2,1-4H3. The summed E-state index contributed by atoms with van der Waals surface area (Å²) in [5.74, 6) is 0.795. The third-order valence-corrected chi connectivity index (χ3v) is 6.63. The van der Waals surface area contributed by atoms with Crippen LogP contribution in [-0.2, 0) is 16.4 Å². The van der Waals surface area contributed by atoms with Crippen molar-refractivity contribution in [3.05, 3.63) is 22.0 Å². The second-order valence-electron chi connectivity index (χ2n) is 6.77. The zero-order valence-corrected chi connectivity index (χ0v) is 17.1. The number of sulfonamides is 1. The molecule has 7 nitrogen and oxygen atoms in total. The molecule has 0 saturated carbocycles. The summed E-state index contributed by atoms with van der Waals surface area (Å²) >= 11 is 1.43. The third-order valence-electron chi connectivity index (χ3n) is 4.69. The van der Waals surface area contributed by atoms with Crippen LogP contribution < -0.4 is 4.72 Å². The number of hydrogen-bond donors (Lipinski definition) is 1. The van der Waals surface area contributed by atoms with Crippen molar-refractivity contribution in [1.82, 2.24) is 19.6 Å². The summed E-state index contributed by atoms with van der Waals surface area (Å²) in [5.41, 5.74) is 1.85. The summed E-state index contributed by atoms with van der Waals surface area (Å²) in [6.45, 7) is 7.02. The number of thiophene rings is 1. The molecule has 0 atom stereocenters. The van der Waals surface area contributed by atoms with Crippen molar-refractivity contribution in [2.75, 3.05) is 19.3 Å². The smallest absolute Gasteiger partial charge is 0.264 e. The Morgan fingerprint density at radius 3 is 2.50 bits per heavy atom. The SMILES string of the molecule is CCc1nc(C)c2c(C)c(C(=O)N3CCC(NS(C)(=O)=O)CC3)sc2n1. The van der Waals surface area contributed by atoms with Crippen LogP contribution in [0.1, 0.15) is 46.5 Å². The van der Waals surface area contributed by atoms with Gasteiger partial charge in [0.15, 0.2) is 0 Å². The number of aromatic nitrogens is 2. The number of hydrogen-bond acceptors (Lipinski definition) is 6. The molecule has 1 saturated heterocycles. The van der Waals surface area contributed by atoms with Gasteiger partial charge in [0.2, 0.25) is 10.0 Å². The van der Waals surface area contributed by atoms with E-state index in [0.29, 0.717) is 30.8 Å². The Labute approximate surface area is 157 Å². The van der Waals surface area contributed by atoms with Gasteiger partial charge in [-0.3, -0.25) is 4.79 Å². The van der Waals surface area contributed by atoms with Crippen LogP contribution in [0.5, 0.6) is 0 Å². The predicted octanol–water partition coefficient (Wildman–Crippen LogP) is 2.02. The number of fused-ring (bicyclic) bond motifs is 1. The Hall–Kier alpha value is -1.58. The summed E-state index contributed by atoms with van der Waals surface area (Å²) in [6, 6.07) is -0.0993. The Morgan fingerprint density at radius 2 is 1.92 bits per heavy atom. The molecule has 9 heteroatoms. The van der Waals surface area contributed by atoms with Crippen molar-refractivity contribution >= 4 is 37.5 Å². The molecule has 2 aromatic rings. The molecule has 142 valence electrons. The van der Waals surface area contributed by atoms with E-state index in [1.165, 1.54) is 17.6 Å². The lowest BCUT2D eigenvalue weighted by Gasteiger charge is -2.31. The Bertz CT molecular complexity index is 945. The van der Waals surface area contributed by atoms with Gasteiger partial charge in [-0.15, -0.1) is 11.3 Å². The molecule has 2 aromatic heterocycles. The van der Waals surface area contributed by atoms with Crippen LogP contribution in [0.3, 0.4) is 0 Å². The van der Waals surface area contributed by atoms with Gasteiger partial charge in [-0.05, 0) is 32.3 Å². The molecule has 1 aliphatic heterocycles. The first kappa shape index (κ1) is 19.2. The van der Waals surface area contributed by atoms with Crippen LogP contribution in [0.25, 0.3) is 10.2 Å². The van der Waals surface area contributed by atoms with Gasteiger partial charge in [0.1, 0.15) is 10.7 Å². The summed E-state index contributed by atoms with van der Waals surface area (Å²) in [7, 11) is -3.22. The minimum absolute atomic E-state index is 0.000698. The normalized spacial score (nSPS) is 16.4. The topological polar surface area (TPSA) is 92.3 Å². The van der Waals surface area contributed by atoms with Crippen molar-refractivity contribution in [2.45, 2.75) is 46.1 Å². The molecule has 0 unspecified atom stereocenters. The van der Waals surface area contributed by atoms with Gasteiger partial charge >= 0.3 is 0 Å². The average Bonchev–Trinajstić information content (AvgIpc) is 2.90. The van der Waals surface area contributed by atoms with Crippen molar-refractivity contribution in [2.24, 2.45) is 0 Å². The highest BCUT2D eigenvalue weighted by atomic mass is 32.2. The number of nitrogens with zero attached hydrogens (tertiary/aromatic N) is 3. The maximum atomic E-state index is 13.0. The molecule has 1 aliphatic rings. The van der Waals surface area contributed by atoms with Gasteiger partial charge in [0.25, 0.3) is 5.91 Å². The first-order chi connectivity index (χ1) is 12.2. The minimum atomic E-state index is -3.22. The molecular formula is C17H24N4O3S2. The van der Waals surface area contributed by atoms with Crippen LogP contribution in [0.4, 0.5) is 0 Å². The van der Waals surface area contributed by atoms with Gasteiger partial charge in [0, 0.05) is 36.6 Å². The van der Waals surface area contributed by atoms with E-state index in [4.69, 9.17) is 0 Å². The summed E-state index contributed by atoms with van der Waals surface area (Å²) < 4.78 is 25.4. The van der Waals surface area contributed by atoms with Crippen LogP contribution in [0.15, 0.2) is 0 Å². The van der Waals surface area contributed by atoms with E-state index in [-0.39, 0.29) is 11.9 Å². The molecular weight excluding hydrogens is 372 g/mol. The fraction of sp³-hybridized carbons (Fsp3) is 0.588. The molecule has 26 heavy (non-hydrogen) atoms. The monoisotopic (exact) mass is 396 g/mol. The Kier molecular flexibility index (Phi) is 5.32. The molecule has 3 rings (SSSR count). The van der Waals surface area contributed by atoms with Gasteiger partial charge in [-0.1, -0.05) is 6.92 Å². The molecule has 0 bridgehead atoms. The highest BCUT2D eigenvalue weighted by Crippen LogP contribution is 2.32. The van der Waals surface area contributed by atoms with Crippen LogP contribution >= 0.6 is 11.3 Å². The van der Waals surface area contributed by atoms with E-state index < -0.39 is 10.0 Å². The van der Waals surface area contributed by atoms with Gasteiger partial charge in [0.05, 0.1) is 11.1 Å². The van der Waals surface area contributed by atoms with Crippen molar-refractivity contribution in [3.63, 3.8) is 0 Å².